The van der Waals surface area contributed by atoms with Crippen LogP contribution in [0.5, 0.6) is 0 Å². The Morgan fingerprint density at radius 2 is 1.83 bits per heavy atom. The molecule has 100 valence electrons. The summed E-state index contributed by atoms with van der Waals surface area (Å²) in [5.74, 6) is 0.372. The topological polar surface area (TPSA) is 49.3 Å². The SMILES string of the molecule is CC(C)c1ccc(C(=O)NC(C)(C)CCO)cc1. The van der Waals surface area contributed by atoms with Crippen molar-refractivity contribution in [2.45, 2.75) is 45.6 Å². The van der Waals surface area contributed by atoms with Gasteiger partial charge in [0, 0.05) is 17.7 Å². The third kappa shape index (κ3) is 4.15. The van der Waals surface area contributed by atoms with Crippen LogP contribution in [-0.2, 0) is 0 Å². The van der Waals surface area contributed by atoms with Gasteiger partial charge in [-0.05, 0) is 43.9 Å². The van der Waals surface area contributed by atoms with Crippen LogP contribution in [0.3, 0.4) is 0 Å². The van der Waals surface area contributed by atoms with Gasteiger partial charge < -0.3 is 10.4 Å². The van der Waals surface area contributed by atoms with Gasteiger partial charge >= 0.3 is 0 Å². The number of hydrogen-bond acceptors (Lipinski definition) is 2. The van der Waals surface area contributed by atoms with E-state index in [9.17, 15) is 4.79 Å². The summed E-state index contributed by atoms with van der Waals surface area (Å²) < 4.78 is 0. The van der Waals surface area contributed by atoms with Gasteiger partial charge in [0.1, 0.15) is 0 Å². The first kappa shape index (κ1) is 14.7. The fourth-order valence-electron chi connectivity index (χ4n) is 1.74. The third-order valence-corrected chi connectivity index (χ3v) is 3.03. The number of nitrogens with one attached hydrogen (secondary N) is 1. The van der Waals surface area contributed by atoms with Crippen molar-refractivity contribution in [1.82, 2.24) is 5.32 Å². The second-order valence-corrected chi connectivity index (χ2v) is 5.59. The van der Waals surface area contributed by atoms with Crippen LogP contribution in [0.1, 0.15) is 56.0 Å². The quantitative estimate of drug-likeness (QED) is 0.843. The molecule has 0 unspecified atom stereocenters. The first-order valence-electron chi connectivity index (χ1n) is 6.39. The Morgan fingerprint density at radius 1 is 1.28 bits per heavy atom. The van der Waals surface area contributed by atoms with Crippen LogP contribution in [0.15, 0.2) is 24.3 Å². The number of carbonyl (C=O) groups is 1. The summed E-state index contributed by atoms with van der Waals surface area (Å²) in [5, 5.41) is 11.9. The summed E-state index contributed by atoms with van der Waals surface area (Å²) >= 11 is 0. The fourth-order valence-corrected chi connectivity index (χ4v) is 1.74. The largest absolute Gasteiger partial charge is 0.396 e. The van der Waals surface area contributed by atoms with Crippen LogP contribution in [0.25, 0.3) is 0 Å². The smallest absolute Gasteiger partial charge is 0.251 e. The molecule has 0 atom stereocenters. The fraction of sp³-hybridized carbons (Fsp3) is 0.533. The number of hydrogen-bond donors (Lipinski definition) is 2. The lowest BCUT2D eigenvalue weighted by Gasteiger charge is -2.25. The maximum Gasteiger partial charge on any atom is 0.251 e. The van der Waals surface area contributed by atoms with Crippen molar-refractivity contribution >= 4 is 5.91 Å². The van der Waals surface area contributed by atoms with Gasteiger partial charge in [0.2, 0.25) is 0 Å². The molecule has 1 aromatic carbocycles. The van der Waals surface area contributed by atoms with Crippen molar-refractivity contribution in [1.29, 1.82) is 0 Å². The molecule has 0 spiro atoms. The van der Waals surface area contributed by atoms with Crippen LogP contribution >= 0.6 is 0 Å². The van der Waals surface area contributed by atoms with Crippen molar-refractivity contribution in [2.75, 3.05) is 6.61 Å². The van der Waals surface area contributed by atoms with Crippen LogP contribution < -0.4 is 5.32 Å². The highest BCUT2D eigenvalue weighted by atomic mass is 16.3. The van der Waals surface area contributed by atoms with E-state index in [-0.39, 0.29) is 18.1 Å². The van der Waals surface area contributed by atoms with Crippen molar-refractivity contribution in [2.24, 2.45) is 0 Å². The number of amides is 1. The number of benzene rings is 1. The normalized spacial score (nSPS) is 11.7. The Balaban J connectivity index is 2.73. The van der Waals surface area contributed by atoms with E-state index in [0.29, 0.717) is 17.9 Å². The highest BCUT2D eigenvalue weighted by Crippen LogP contribution is 2.15. The molecule has 0 aliphatic carbocycles. The van der Waals surface area contributed by atoms with Gasteiger partial charge in [0.25, 0.3) is 5.91 Å². The highest BCUT2D eigenvalue weighted by Gasteiger charge is 2.20. The lowest BCUT2D eigenvalue weighted by atomic mass is 9.99. The van der Waals surface area contributed by atoms with Gasteiger partial charge in [-0.15, -0.1) is 0 Å². The van der Waals surface area contributed by atoms with E-state index in [2.05, 4.69) is 19.2 Å². The van der Waals surface area contributed by atoms with Gasteiger partial charge in [-0.25, -0.2) is 0 Å². The minimum Gasteiger partial charge on any atom is -0.396 e. The Morgan fingerprint density at radius 3 is 2.28 bits per heavy atom. The van der Waals surface area contributed by atoms with Crippen molar-refractivity contribution in [3.8, 4) is 0 Å². The Hall–Kier alpha value is -1.35. The zero-order valence-electron chi connectivity index (χ0n) is 11.7. The van der Waals surface area contributed by atoms with E-state index in [0.717, 1.165) is 0 Å². The van der Waals surface area contributed by atoms with Gasteiger partial charge in [0.05, 0.1) is 0 Å². The van der Waals surface area contributed by atoms with Crippen molar-refractivity contribution < 1.29 is 9.90 Å². The second kappa shape index (κ2) is 6.01. The molecule has 0 radical (unpaired) electrons. The molecule has 0 saturated carbocycles. The number of carbonyl (C=O) groups excluding carboxylic acids is 1. The zero-order chi connectivity index (χ0) is 13.8. The maximum atomic E-state index is 12.0. The molecule has 1 rings (SSSR count). The Labute approximate surface area is 109 Å². The average molecular weight is 249 g/mol. The summed E-state index contributed by atoms with van der Waals surface area (Å²) in [6.07, 6.45) is 0.544. The molecule has 0 aliphatic rings. The summed E-state index contributed by atoms with van der Waals surface area (Å²) in [5.41, 5.74) is 1.49. The lowest BCUT2D eigenvalue weighted by Crippen LogP contribution is -2.44. The van der Waals surface area contributed by atoms with Gasteiger partial charge in [-0.2, -0.15) is 0 Å². The molecule has 0 fully saturated rings. The van der Waals surface area contributed by atoms with Crippen LogP contribution in [0.2, 0.25) is 0 Å². The maximum absolute atomic E-state index is 12.0. The molecule has 1 amide bonds. The summed E-state index contributed by atoms with van der Waals surface area (Å²) in [6, 6.07) is 7.66. The Bertz CT molecular complexity index is 393. The average Bonchev–Trinajstić information content (AvgIpc) is 2.28. The third-order valence-electron chi connectivity index (χ3n) is 3.03. The van der Waals surface area contributed by atoms with Crippen molar-refractivity contribution in [3.63, 3.8) is 0 Å². The second-order valence-electron chi connectivity index (χ2n) is 5.59. The van der Waals surface area contributed by atoms with Crippen LogP contribution in [0.4, 0.5) is 0 Å². The molecule has 1 aromatic rings. The monoisotopic (exact) mass is 249 g/mol. The van der Waals surface area contributed by atoms with E-state index in [4.69, 9.17) is 5.11 Å². The van der Waals surface area contributed by atoms with E-state index >= 15 is 0 Å². The minimum atomic E-state index is -0.386. The molecule has 18 heavy (non-hydrogen) atoms. The number of aliphatic hydroxyl groups is 1. The first-order valence-corrected chi connectivity index (χ1v) is 6.39. The molecule has 0 heterocycles. The predicted molar refractivity (Wildman–Crippen MR) is 73.8 cm³/mol. The molecule has 0 aliphatic heterocycles. The highest BCUT2D eigenvalue weighted by molar-refractivity contribution is 5.94. The Kier molecular flexibility index (Phi) is 4.91. The summed E-state index contributed by atoms with van der Waals surface area (Å²) in [7, 11) is 0. The van der Waals surface area contributed by atoms with Crippen LogP contribution in [-0.4, -0.2) is 23.2 Å². The van der Waals surface area contributed by atoms with Gasteiger partial charge in [-0.3, -0.25) is 4.79 Å². The molecule has 0 saturated heterocycles. The summed E-state index contributed by atoms with van der Waals surface area (Å²) in [4.78, 5) is 12.0. The number of aliphatic hydroxyl groups excluding tert-OH is 1. The summed E-state index contributed by atoms with van der Waals surface area (Å²) in [6.45, 7) is 8.13. The predicted octanol–water partition coefficient (Wildman–Crippen LogP) is 2.70. The van der Waals surface area contributed by atoms with E-state index in [1.165, 1.54) is 5.56 Å². The molecule has 0 bridgehead atoms. The molecule has 3 heteroatoms. The lowest BCUT2D eigenvalue weighted by molar-refractivity contribution is 0.0899. The standard InChI is InChI=1S/C15H23NO2/c1-11(2)12-5-7-13(8-6-12)14(18)16-15(3,4)9-10-17/h5-8,11,17H,9-10H2,1-4H3,(H,16,18). The first-order chi connectivity index (χ1) is 8.35. The van der Waals surface area contributed by atoms with E-state index in [1.54, 1.807) is 0 Å². The van der Waals surface area contributed by atoms with Gasteiger partial charge in [-0.1, -0.05) is 26.0 Å². The molecular weight excluding hydrogens is 226 g/mol. The van der Waals surface area contributed by atoms with Crippen LogP contribution in [0, 0.1) is 0 Å². The molecule has 0 aromatic heterocycles. The molecule has 2 N–H and O–H groups in total. The zero-order valence-corrected chi connectivity index (χ0v) is 11.7. The van der Waals surface area contributed by atoms with Gasteiger partial charge in [0.15, 0.2) is 0 Å². The minimum absolute atomic E-state index is 0.0690. The molecular formula is C15H23NO2. The van der Waals surface area contributed by atoms with E-state index < -0.39 is 0 Å². The number of rotatable bonds is 5. The van der Waals surface area contributed by atoms with E-state index in [1.807, 2.05) is 38.1 Å². The van der Waals surface area contributed by atoms with Crippen molar-refractivity contribution in [3.05, 3.63) is 35.4 Å². The molecule has 3 nitrogen and oxygen atoms in total.